The molecule has 0 fully saturated rings. The number of carbonyl (C=O) groups excluding carboxylic acids is 1. The number of esters is 1. The lowest BCUT2D eigenvalue weighted by atomic mass is 10.0. The quantitative estimate of drug-likeness (QED) is 0.480. The zero-order valence-electron chi connectivity index (χ0n) is 13.2. The average Bonchev–Trinajstić information content (AvgIpc) is 2.48. The van der Waals surface area contributed by atoms with Crippen molar-refractivity contribution in [2.75, 3.05) is 6.61 Å². The van der Waals surface area contributed by atoms with Gasteiger partial charge in [-0.05, 0) is 18.1 Å². The summed E-state index contributed by atoms with van der Waals surface area (Å²) in [6.07, 6.45) is 1.52. The van der Waals surface area contributed by atoms with Gasteiger partial charge in [0, 0.05) is 19.2 Å². The molecule has 122 valence electrons. The fourth-order valence-corrected chi connectivity index (χ4v) is 2.49. The van der Waals surface area contributed by atoms with Gasteiger partial charge in [-0.1, -0.05) is 19.9 Å². The molecule has 0 unspecified atom stereocenters. The molecular formula is C16H18N2O5. The number of non-ortho nitro benzene ring substituents is 1. The number of pyridine rings is 1. The fourth-order valence-electron chi connectivity index (χ4n) is 2.49. The average molecular weight is 318 g/mol. The molecule has 23 heavy (non-hydrogen) atoms. The van der Waals surface area contributed by atoms with Gasteiger partial charge in [-0.2, -0.15) is 0 Å². The van der Waals surface area contributed by atoms with E-state index in [2.05, 4.69) is 0 Å². The standard InChI is InChI=1S/C16H18N2O5/c1-10(2)15(9-23-11(3)19)17-8-7-12-13(16(17)20)5-4-6-14(12)18(21)22/h4-8,10,15H,9H2,1-3H3/t15-/m1/s1. The second-order valence-corrected chi connectivity index (χ2v) is 5.64. The van der Waals surface area contributed by atoms with Crippen LogP contribution in [0.3, 0.4) is 0 Å². The number of nitrogens with zero attached hydrogens (tertiary/aromatic N) is 2. The van der Waals surface area contributed by atoms with Crippen molar-refractivity contribution in [1.29, 1.82) is 0 Å². The van der Waals surface area contributed by atoms with E-state index in [1.807, 2.05) is 13.8 Å². The van der Waals surface area contributed by atoms with Crippen LogP contribution >= 0.6 is 0 Å². The van der Waals surface area contributed by atoms with E-state index in [1.165, 1.54) is 29.8 Å². The zero-order valence-corrected chi connectivity index (χ0v) is 13.2. The molecule has 2 rings (SSSR count). The number of aromatic nitrogens is 1. The van der Waals surface area contributed by atoms with Crippen LogP contribution < -0.4 is 5.56 Å². The number of ether oxygens (including phenoxy) is 1. The van der Waals surface area contributed by atoms with Gasteiger partial charge >= 0.3 is 5.97 Å². The summed E-state index contributed by atoms with van der Waals surface area (Å²) in [6, 6.07) is 5.63. The summed E-state index contributed by atoms with van der Waals surface area (Å²) >= 11 is 0. The monoisotopic (exact) mass is 318 g/mol. The molecule has 7 nitrogen and oxygen atoms in total. The molecule has 0 spiro atoms. The topological polar surface area (TPSA) is 91.4 Å². The van der Waals surface area contributed by atoms with Crippen LogP contribution in [0, 0.1) is 16.0 Å². The molecule has 0 aliphatic carbocycles. The number of rotatable bonds is 5. The van der Waals surface area contributed by atoms with Gasteiger partial charge in [-0.15, -0.1) is 0 Å². The van der Waals surface area contributed by atoms with Crippen molar-refractivity contribution in [1.82, 2.24) is 4.57 Å². The van der Waals surface area contributed by atoms with Crippen molar-refractivity contribution in [2.24, 2.45) is 5.92 Å². The molecule has 0 amide bonds. The number of hydrogen-bond acceptors (Lipinski definition) is 5. The van der Waals surface area contributed by atoms with Crippen LogP contribution in [0.15, 0.2) is 35.3 Å². The third-order valence-electron chi connectivity index (χ3n) is 3.73. The second-order valence-electron chi connectivity index (χ2n) is 5.64. The summed E-state index contributed by atoms with van der Waals surface area (Å²) in [4.78, 5) is 34.3. The lowest BCUT2D eigenvalue weighted by Crippen LogP contribution is -2.31. The van der Waals surface area contributed by atoms with Crippen molar-refractivity contribution < 1.29 is 14.5 Å². The number of carbonyl (C=O) groups is 1. The lowest BCUT2D eigenvalue weighted by Gasteiger charge is -2.23. The van der Waals surface area contributed by atoms with Gasteiger partial charge in [0.15, 0.2) is 0 Å². The Morgan fingerprint density at radius 1 is 1.30 bits per heavy atom. The third kappa shape index (κ3) is 3.39. The summed E-state index contributed by atoms with van der Waals surface area (Å²) in [7, 11) is 0. The Hall–Kier alpha value is -2.70. The van der Waals surface area contributed by atoms with Crippen molar-refractivity contribution in [2.45, 2.75) is 26.8 Å². The maximum absolute atomic E-state index is 12.7. The van der Waals surface area contributed by atoms with Crippen LogP contribution in [-0.4, -0.2) is 22.1 Å². The Labute approximate surface area is 132 Å². The first-order chi connectivity index (χ1) is 10.8. The maximum atomic E-state index is 12.7. The highest BCUT2D eigenvalue weighted by Crippen LogP contribution is 2.24. The van der Waals surface area contributed by atoms with Crippen LogP contribution in [0.4, 0.5) is 5.69 Å². The van der Waals surface area contributed by atoms with Gasteiger partial charge in [0.05, 0.1) is 21.7 Å². The zero-order chi connectivity index (χ0) is 17.1. The molecule has 7 heteroatoms. The minimum atomic E-state index is -0.509. The van der Waals surface area contributed by atoms with Crippen molar-refractivity contribution >= 4 is 22.4 Å². The van der Waals surface area contributed by atoms with Crippen LogP contribution in [0.2, 0.25) is 0 Å². The lowest BCUT2D eigenvalue weighted by molar-refractivity contribution is -0.383. The van der Waals surface area contributed by atoms with Gasteiger partial charge in [-0.3, -0.25) is 19.7 Å². The Balaban J connectivity index is 2.57. The van der Waals surface area contributed by atoms with E-state index >= 15 is 0 Å². The largest absolute Gasteiger partial charge is 0.464 e. The normalized spacial score (nSPS) is 12.3. The SMILES string of the molecule is CC(=O)OC[C@H](C(C)C)n1ccc2c([N+](=O)[O-])cccc2c1=O. The summed E-state index contributed by atoms with van der Waals surface area (Å²) in [5.74, 6) is -0.372. The minimum Gasteiger partial charge on any atom is -0.464 e. The third-order valence-corrected chi connectivity index (χ3v) is 3.73. The van der Waals surface area contributed by atoms with Gasteiger partial charge in [0.2, 0.25) is 0 Å². The number of nitro groups is 1. The molecular weight excluding hydrogens is 300 g/mol. The Morgan fingerprint density at radius 3 is 2.57 bits per heavy atom. The first-order valence-corrected chi connectivity index (χ1v) is 7.24. The summed E-state index contributed by atoms with van der Waals surface area (Å²) in [6.45, 7) is 5.22. The summed E-state index contributed by atoms with van der Waals surface area (Å²) in [5.41, 5.74) is -0.440. The fraction of sp³-hybridized carbons (Fsp3) is 0.375. The highest BCUT2D eigenvalue weighted by atomic mass is 16.6. The van der Waals surface area contributed by atoms with Gasteiger partial charge in [0.25, 0.3) is 11.2 Å². The number of nitro benzene ring substituents is 1. The number of benzene rings is 1. The molecule has 1 heterocycles. The van der Waals surface area contributed by atoms with Crippen LogP contribution in [0.5, 0.6) is 0 Å². The Morgan fingerprint density at radius 2 is 2.00 bits per heavy atom. The molecule has 1 atom stereocenters. The molecule has 0 aliphatic rings. The molecule has 0 N–H and O–H groups in total. The first kappa shape index (κ1) is 16.7. The highest BCUT2D eigenvalue weighted by molar-refractivity contribution is 5.89. The molecule has 0 radical (unpaired) electrons. The molecule has 1 aromatic heterocycles. The van der Waals surface area contributed by atoms with E-state index in [0.717, 1.165) is 0 Å². The Kier molecular flexibility index (Phi) is 4.78. The summed E-state index contributed by atoms with van der Waals surface area (Å²) in [5, 5.41) is 11.6. The predicted molar refractivity (Wildman–Crippen MR) is 85.4 cm³/mol. The van der Waals surface area contributed by atoms with E-state index in [9.17, 15) is 19.7 Å². The molecule has 0 bridgehead atoms. The smallest absolute Gasteiger partial charge is 0.302 e. The van der Waals surface area contributed by atoms with Gasteiger partial charge in [0.1, 0.15) is 6.61 Å². The minimum absolute atomic E-state index is 0.0446. The van der Waals surface area contributed by atoms with E-state index in [4.69, 9.17) is 4.74 Å². The number of hydrogen-bond donors (Lipinski definition) is 0. The van der Waals surface area contributed by atoms with E-state index in [0.29, 0.717) is 5.39 Å². The Bertz CT molecular complexity index is 810. The van der Waals surface area contributed by atoms with Crippen LogP contribution in [0.25, 0.3) is 10.8 Å². The molecule has 2 aromatic rings. The molecule has 1 aromatic carbocycles. The van der Waals surface area contributed by atoms with Crippen molar-refractivity contribution in [3.8, 4) is 0 Å². The van der Waals surface area contributed by atoms with Crippen molar-refractivity contribution in [3.05, 3.63) is 50.9 Å². The molecule has 0 aliphatic heterocycles. The first-order valence-electron chi connectivity index (χ1n) is 7.24. The van der Waals surface area contributed by atoms with Crippen molar-refractivity contribution in [3.63, 3.8) is 0 Å². The van der Waals surface area contributed by atoms with Gasteiger partial charge < -0.3 is 9.30 Å². The van der Waals surface area contributed by atoms with E-state index in [1.54, 1.807) is 12.1 Å². The van der Waals surface area contributed by atoms with E-state index in [-0.39, 0.29) is 35.2 Å². The highest BCUT2D eigenvalue weighted by Gasteiger charge is 2.21. The second kappa shape index (κ2) is 6.60. The molecule has 0 saturated carbocycles. The van der Waals surface area contributed by atoms with Crippen LogP contribution in [-0.2, 0) is 9.53 Å². The van der Waals surface area contributed by atoms with Crippen LogP contribution in [0.1, 0.15) is 26.8 Å². The number of fused-ring (bicyclic) bond motifs is 1. The molecule has 0 saturated heterocycles. The van der Waals surface area contributed by atoms with E-state index < -0.39 is 10.9 Å². The summed E-state index contributed by atoms with van der Waals surface area (Å²) < 4.78 is 6.51. The predicted octanol–water partition coefficient (Wildman–Crippen LogP) is 2.67. The van der Waals surface area contributed by atoms with Gasteiger partial charge in [-0.25, -0.2) is 0 Å². The maximum Gasteiger partial charge on any atom is 0.302 e.